The van der Waals surface area contributed by atoms with Crippen LogP contribution in [0.3, 0.4) is 0 Å². The maximum Gasteiger partial charge on any atom is 0.150 e. The number of benzene rings is 2. The van der Waals surface area contributed by atoms with Gasteiger partial charge < -0.3 is 10.1 Å². The lowest BCUT2D eigenvalue weighted by molar-refractivity contribution is 0.0501. The monoisotopic (exact) mass is 445 g/mol. The second-order valence-corrected chi connectivity index (χ2v) is 7.99. The Balaban J connectivity index is 0.000000221. The fourth-order valence-corrected chi connectivity index (χ4v) is 3.63. The van der Waals surface area contributed by atoms with Gasteiger partial charge in [-0.2, -0.15) is 0 Å². The van der Waals surface area contributed by atoms with Crippen molar-refractivity contribution < 1.29 is 14.3 Å². The number of hydrogen-bond acceptors (Lipinski definition) is 4. The largest absolute Gasteiger partial charge is 0.379 e. The van der Waals surface area contributed by atoms with Crippen LogP contribution in [0.4, 0.5) is 0 Å². The van der Waals surface area contributed by atoms with Gasteiger partial charge in [-0.15, -0.1) is 0 Å². The first-order chi connectivity index (χ1) is 13.5. The van der Waals surface area contributed by atoms with E-state index in [0.29, 0.717) is 23.7 Å². The third kappa shape index (κ3) is 6.09. The highest BCUT2D eigenvalue weighted by Gasteiger charge is 2.31. The smallest absolute Gasteiger partial charge is 0.150 e. The Morgan fingerprint density at radius 1 is 1.00 bits per heavy atom. The van der Waals surface area contributed by atoms with Gasteiger partial charge in [0.25, 0.3) is 0 Å². The van der Waals surface area contributed by atoms with Crippen LogP contribution in [0.1, 0.15) is 57.5 Å². The zero-order valence-electron chi connectivity index (χ0n) is 16.5. The predicted molar refractivity (Wildman–Crippen MR) is 116 cm³/mol. The van der Waals surface area contributed by atoms with E-state index < -0.39 is 0 Å². The van der Waals surface area contributed by atoms with Gasteiger partial charge in [-0.3, -0.25) is 9.59 Å². The highest BCUT2D eigenvalue weighted by atomic mass is 79.9. The summed E-state index contributed by atoms with van der Waals surface area (Å²) >= 11 is 3.49. The highest BCUT2D eigenvalue weighted by Crippen LogP contribution is 2.30. The minimum atomic E-state index is -0.0128. The van der Waals surface area contributed by atoms with Gasteiger partial charge in [-0.1, -0.05) is 58.6 Å². The summed E-state index contributed by atoms with van der Waals surface area (Å²) < 4.78 is 6.92. The SMILES string of the molecule is CN[C@]1(c2ccc(Br)cc2)CCCCCOC1.Cc1ccc(C=O)c(C=O)c1. The minimum absolute atomic E-state index is 0.0128. The lowest BCUT2D eigenvalue weighted by Gasteiger charge is -2.35. The van der Waals surface area contributed by atoms with Gasteiger partial charge in [0.15, 0.2) is 12.6 Å². The number of carbonyl (C=O) groups excluding carboxylic acids is 2. The van der Waals surface area contributed by atoms with Gasteiger partial charge in [0.1, 0.15) is 0 Å². The van der Waals surface area contributed by atoms with E-state index in [0.717, 1.165) is 29.7 Å². The first-order valence-electron chi connectivity index (χ1n) is 9.58. The van der Waals surface area contributed by atoms with Crippen molar-refractivity contribution in [2.24, 2.45) is 0 Å². The zero-order valence-corrected chi connectivity index (χ0v) is 18.1. The van der Waals surface area contributed by atoms with Gasteiger partial charge in [0.05, 0.1) is 12.1 Å². The second kappa shape index (κ2) is 11.2. The molecule has 2 aromatic carbocycles. The number of aldehydes is 2. The molecule has 0 saturated carbocycles. The summed E-state index contributed by atoms with van der Waals surface area (Å²) in [5.41, 5.74) is 3.20. The fourth-order valence-electron chi connectivity index (χ4n) is 3.37. The van der Waals surface area contributed by atoms with E-state index in [9.17, 15) is 9.59 Å². The van der Waals surface area contributed by atoms with E-state index in [-0.39, 0.29) is 5.54 Å². The zero-order chi connectivity index (χ0) is 20.4. The molecule has 1 aliphatic heterocycles. The summed E-state index contributed by atoms with van der Waals surface area (Å²) in [6.07, 6.45) is 6.24. The first kappa shape index (κ1) is 22.5. The van der Waals surface area contributed by atoms with E-state index in [2.05, 4.69) is 45.5 Å². The van der Waals surface area contributed by atoms with Crippen molar-refractivity contribution in [1.82, 2.24) is 5.32 Å². The van der Waals surface area contributed by atoms with Crippen LogP contribution in [0.5, 0.6) is 0 Å². The summed E-state index contributed by atoms with van der Waals surface area (Å²) in [6, 6.07) is 13.7. The highest BCUT2D eigenvalue weighted by molar-refractivity contribution is 9.10. The van der Waals surface area contributed by atoms with Crippen LogP contribution in [-0.2, 0) is 10.3 Å². The molecule has 0 amide bonds. The molecule has 5 heteroatoms. The van der Waals surface area contributed by atoms with E-state index in [1.54, 1.807) is 18.2 Å². The van der Waals surface area contributed by atoms with E-state index in [1.165, 1.54) is 24.8 Å². The summed E-state index contributed by atoms with van der Waals surface area (Å²) in [4.78, 5) is 20.7. The molecule has 1 atom stereocenters. The summed E-state index contributed by atoms with van der Waals surface area (Å²) in [6.45, 7) is 3.53. The van der Waals surface area contributed by atoms with Gasteiger partial charge in [-0.05, 0) is 50.6 Å². The predicted octanol–water partition coefficient (Wildman–Crippen LogP) is 5.07. The van der Waals surface area contributed by atoms with Crippen LogP contribution in [0.2, 0.25) is 0 Å². The van der Waals surface area contributed by atoms with Crippen LogP contribution in [0, 0.1) is 6.92 Å². The molecule has 0 unspecified atom stereocenters. The van der Waals surface area contributed by atoms with Crippen LogP contribution >= 0.6 is 15.9 Å². The summed E-state index contributed by atoms with van der Waals surface area (Å²) in [5.74, 6) is 0. The molecule has 1 saturated heterocycles. The van der Waals surface area contributed by atoms with Gasteiger partial charge in [0, 0.05) is 22.2 Å². The topological polar surface area (TPSA) is 55.4 Å². The van der Waals surface area contributed by atoms with Gasteiger partial charge in [0.2, 0.25) is 0 Å². The number of halogens is 1. The molecular formula is C23H28BrNO3. The third-order valence-electron chi connectivity index (χ3n) is 5.11. The number of likely N-dealkylation sites (N-methyl/N-ethyl adjacent to an activating group) is 1. The Hall–Kier alpha value is -1.82. The van der Waals surface area contributed by atoms with Crippen molar-refractivity contribution in [3.8, 4) is 0 Å². The molecule has 0 bridgehead atoms. The summed E-state index contributed by atoms with van der Waals surface area (Å²) in [5, 5.41) is 3.48. The van der Waals surface area contributed by atoms with Crippen LogP contribution in [0.25, 0.3) is 0 Å². The van der Waals surface area contributed by atoms with E-state index >= 15 is 0 Å². The molecule has 0 radical (unpaired) electrons. The lowest BCUT2D eigenvalue weighted by Crippen LogP contribution is -2.45. The number of hydrogen-bond donors (Lipinski definition) is 1. The maximum atomic E-state index is 10.4. The molecule has 1 N–H and O–H groups in total. The molecule has 1 heterocycles. The van der Waals surface area contributed by atoms with Crippen LogP contribution in [0.15, 0.2) is 46.9 Å². The molecule has 0 aliphatic carbocycles. The van der Waals surface area contributed by atoms with Crippen molar-refractivity contribution in [3.63, 3.8) is 0 Å². The Morgan fingerprint density at radius 2 is 1.71 bits per heavy atom. The van der Waals surface area contributed by atoms with E-state index in [1.807, 2.05) is 14.0 Å². The second-order valence-electron chi connectivity index (χ2n) is 7.07. The number of ether oxygens (including phenoxy) is 1. The molecule has 1 aliphatic rings. The molecule has 2 aromatic rings. The Kier molecular flexibility index (Phi) is 9.03. The fraction of sp³-hybridized carbons (Fsp3) is 0.391. The van der Waals surface area contributed by atoms with Crippen molar-refractivity contribution in [2.75, 3.05) is 20.3 Å². The molecule has 0 spiro atoms. The molecule has 150 valence electrons. The Labute approximate surface area is 175 Å². The number of carbonyl (C=O) groups is 2. The third-order valence-corrected chi connectivity index (χ3v) is 5.64. The van der Waals surface area contributed by atoms with Gasteiger partial charge >= 0.3 is 0 Å². The molecule has 1 fully saturated rings. The Bertz CT molecular complexity index is 766. The number of aryl methyl sites for hydroxylation is 1. The van der Waals surface area contributed by atoms with E-state index in [4.69, 9.17) is 4.74 Å². The maximum absolute atomic E-state index is 10.4. The quantitative estimate of drug-likeness (QED) is 0.666. The molecule has 0 aromatic heterocycles. The van der Waals surface area contributed by atoms with Crippen LogP contribution < -0.4 is 5.32 Å². The van der Waals surface area contributed by atoms with Crippen molar-refractivity contribution in [2.45, 2.75) is 38.1 Å². The molecule has 4 nitrogen and oxygen atoms in total. The minimum Gasteiger partial charge on any atom is -0.379 e. The number of nitrogens with one attached hydrogen (secondary N) is 1. The normalized spacial score (nSPS) is 19.5. The molecule has 28 heavy (non-hydrogen) atoms. The summed E-state index contributed by atoms with van der Waals surface area (Å²) in [7, 11) is 2.03. The molecular weight excluding hydrogens is 418 g/mol. The average Bonchev–Trinajstić information content (AvgIpc) is 2.69. The van der Waals surface area contributed by atoms with Crippen molar-refractivity contribution in [3.05, 3.63) is 69.2 Å². The Morgan fingerprint density at radius 3 is 2.36 bits per heavy atom. The van der Waals surface area contributed by atoms with Crippen molar-refractivity contribution >= 4 is 28.5 Å². The number of rotatable bonds is 4. The van der Waals surface area contributed by atoms with Crippen LogP contribution in [-0.4, -0.2) is 32.8 Å². The standard InChI is InChI=1S/C14H20BrNO.C9H8O2/c1-16-14(9-3-2-4-10-17-11-14)12-5-7-13(15)8-6-12;1-7-2-3-8(5-10)9(4-7)6-11/h5-8,16H,2-4,9-11H2,1H3;2-6H,1H3/t14-;/m1./s1. The lowest BCUT2D eigenvalue weighted by atomic mass is 9.85. The average molecular weight is 446 g/mol. The molecule has 3 rings (SSSR count). The van der Waals surface area contributed by atoms with Crippen molar-refractivity contribution in [1.29, 1.82) is 0 Å². The van der Waals surface area contributed by atoms with Gasteiger partial charge in [-0.25, -0.2) is 0 Å². The first-order valence-corrected chi connectivity index (χ1v) is 10.4.